The van der Waals surface area contributed by atoms with E-state index in [-0.39, 0.29) is 1.43 Å². The van der Waals surface area contributed by atoms with E-state index in [0.29, 0.717) is 6.54 Å². The molecule has 3 heteroatoms. The summed E-state index contributed by atoms with van der Waals surface area (Å²) in [5.41, 5.74) is 0. The van der Waals surface area contributed by atoms with E-state index in [1.165, 1.54) is 6.42 Å². The number of carbonyl (C=O) groups excluding carboxylic acids is 1. The average molecular weight is 162 g/mol. The first-order valence-electron chi connectivity index (χ1n) is 4.06. The molecule has 0 aliphatic carbocycles. The van der Waals surface area contributed by atoms with Crippen molar-refractivity contribution < 1.29 is 6.22 Å². The van der Waals surface area contributed by atoms with Crippen LogP contribution in [0.3, 0.4) is 0 Å². The molecule has 0 saturated carbocycles. The maximum atomic E-state index is 9.71. The molecule has 0 rings (SSSR count). The van der Waals surface area contributed by atoms with Gasteiger partial charge in [0.25, 0.3) is 0 Å². The molecule has 0 saturated heterocycles. The van der Waals surface area contributed by atoms with Gasteiger partial charge in [0, 0.05) is 1.43 Å². The van der Waals surface area contributed by atoms with Crippen LogP contribution in [0.4, 0.5) is 0 Å². The van der Waals surface area contributed by atoms with E-state index in [1.54, 1.807) is 0 Å². The van der Waals surface area contributed by atoms with Gasteiger partial charge in [-0.15, -0.1) is 0 Å². The Morgan fingerprint density at radius 2 is 2.00 bits per heavy atom. The van der Waals surface area contributed by atoms with Crippen molar-refractivity contribution in [3.05, 3.63) is 0 Å². The highest BCUT2D eigenvalue weighted by Crippen LogP contribution is 1.80. The Kier molecular flexibility index (Phi) is 19.6. The molecule has 0 spiro atoms. The van der Waals surface area contributed by atoms with Crippen molar-refractivity contribution in [3.8, 4) is 0 Å². The van der Waals surface area contributed by atoms with Crippen molar-refractivity contribution >= 4 is 6.29 Å². The first-order valence-corrected chi connectivity index (χ1v) is 4.06. The van der Waals surface area contributed by atoms with Gasteiger partial charge in [-0.05, 0) is 27.1 Å². The summed E-state index contributed by atoms with van der Waals surface area (Å²) in [5.74, 6) is 0. The molecule has 2 N–H and O–H groups in total. The van der Waals surface area contributed by atoms with Gasteiger partial charge in [-0.25, -0.2) is 0 Å². The highest BCUT2D eigenvalue weighted by atomic mass is 16.1. The molecule has 0 heterocycles. The van der Waals surface area contributed by atoms with Crippen molar-refractivity contribution in [2.45, 2.75) is 19.8 Å². The lowest BCUT2D eigenvalue weighted by atomic mass is 10.3. The highest BCUT2D eigenvalue weighted by molar-refractivity contribution is 5.51. The molecule has 0 aromatic rings. The number of nitrogens with one attached hydrogen (secondary N) is 2. The minimum atomic E-state index is 0. The van der Waals surface area contributed by atoms with Crippen LogP contribution in [0.2, 0.25) is 0 Å². The Morgan fingerprint density at radius 1 is 1.45 bits per heavy atom. The molecule has 0 aliphatic rings. The maximum Gasteiger partial charge on any atom is 0.133 e. The molecule has 11 heavy (non-hydrogen) atoms. The largest absolute Gasteiger partial charge is 0.323 e. The molecule has 0 aliphatic heterocycles. The summed E-state index contributed by atoms with van der Waals surface area (Å²) in [6, 6.07) is 0. The van der Waals surface area contributed by atoms with Crippen LogP contribution in [0.5, 0.6) is 0 Å². The smallest absolute Gasteiger partial charge is 0.133 e. The third-order valence-corrected chi connectivity index (χ3v) is 0.935. The van der Waals surface area contributed by atoms with Crippen molar-refractivity contribution in [3.63, 3.8) is 0 Å². The van der Waals surface area contributed by atoms with Crippen LogP contribution in [-0.4, -0.2) is 33.5 Å². The summed E-state index contributed by atoms with van der Waals surface area (Å²) in [6.07, 6.45) is 3.23. The van der Waals surface area contributed by atoms with E-state index in [4.69, 9.17) is 0 Å². The molecular weight excluding hydrogens is 140 g/mol. The molecule has 70 valence electrons. The summed E-state index contributed by atoms with van der Waals surface area (Å²) in [5, 5.41) is 5.72. The first-order chi connectivity index (χ1) is 5.33. The van der Waals surface area contributed by atoms with Crippen molar-refractivity contribution in [2.75, 3.05) is 27.2 Å². The van der Waals surface area contributed by atoms with E-state index in [0.717, 1.165) is 19.3 Å². The second kappa shape index (κ2) is 16.3. The predicted molar refractivity (Wildman–Crippen MR) is 50.9 cm³/mol. The van der Waals surface area contributed by atoms with Crippen molar-refractivity contribution in [1.82, 2.24) is 10.6 Å². The van der Waals surface area contributed by atoms with E-state index in [1.807, 2.05) is 14.1 Å². The van der Waals surface area contributed by atoms with Gasteiger partial charge < -0.3 is 15.4 Å². The number of aldehydes is 1. The summed E-state index contributed by atoms with van der Waals surface area (Å²) in [7, 11) is 3.75. The number of rotatable bonds is 5. The van der Waals surface area contributed by atoms with Crippen LogP contribution in [0.25, 0.3) is 0 Å². The lowest BCUT2D eigenvalue weighted by Crippen LogP contribution is -2.16. The van der Waals surface area contributed by atoms with E-state index in [9.17, 15) is 4.79 Å². The van der Waals surface area contributed by atoms with Crippen LogP contribution in [0.15, 0.2) is 0 Å². The third-order valence-electron chi connectivity index (χ3n) is 0.935. The van der Waals surface area contributed by atoms with Crippen LogP contribution in [-0.2, 0) is 4.79 Å². The molecule has 0 bridgehead atoms. The zero-order valence-electron chi connectivity index (χ0n) is 7.81. The Balaban J connectivity index is -0.000000177. The fraction of sp³-hybridized carbons (Fsp3) is 0.875. The van der Waals surface area contributed by atoms with Gasteiger partial charge in [0.2, 0.25) is 0 Å². The van der Waals surface area contributed by atoms with Gasteiger partial charge in [-0.1, -0.05) is 13.3 Å². The molecule has 0 aromatic carbocycles. The monoisotopic (exact) mass is 162 g/mol. The number of hydrogen-bond donors (Lipinski definition) is 2. The Bertz CT molecular complexity index is 72.1. The number of hydrogen-bond acceptors (Lipinski definition) is 3. The zero-order valence-corrected chi connectivity index (χ0v) is 7.81. The molecule has 0 radical (unpaired) electrons. The van der Waals surface area contributed by atoms with Crippen LogP contribution in [0, 0.1) is 0 Å². The molecular formula is C8H22N2O. The maximum absolute atomic E-state index is 9.71. The van der Waals surface area contributed by atoms with Gasteiger partial charge in [0.05, 0.1) is 6.54 Å². The molecule has 0 unspecified atom stereocenters. The normalized spacial score (nSPS) is 8.27. The van der Waals surface area contributed by atoms with Gasteiger partial charge in [0.1, 0.15) is 6.29 Å². The summed E-state index contributed by atoms with van der Waals surface area (Å²) in [4.78, 5) is 9.71. The average Bonchev–Trinajstić information content (AvgIpc) is 2.00. The van der Waals surface area contributed by atoms with Gasteiger partial charge >= 0.3 is 0 Å². The lowest BCUT2D eigenvalue weighted by Gasteiger charge is -1.94. The quantitative estimate of drug-likeness (QED) is 0.461. The predicted octanol–water partition coefficient (Wildman–Crippen LogP) is 0.657. The zero-order chi connectivity index (χ0) is 8.95. The fourth-order valence-electron chi connectivity index (χ4n) is 0.463. The molecule has 3 nitrogen and oxygen atoms in total. The molecule has 0 aromatic heterocycles. The number of unbranched alkanes of at least 4 members (excludes halogenated alkanes) is 1. The molecule has 0 atom stereocenters. The standard InChI is InChI=1S/C6H13NO.C2H7N.H2/c1-2-3-4-7-5-6-8;1-3-2;/h6-7H,2-5H2,1H3;3H,1-2H3;1H. The minimum Gasteiger partial charge on any atom is -0.323 e. The van der Waals surface area contributed by atoms with Gasteiger partial charge in [-0.2, -0.15) is 0 Å². The summed E-state index contributed by atoms with van der Waals surface area (Å²) < 4.78 is 0. The Morgan fingerprint density at radius 3 is 2.36 bits per heavy atom. The summed E-state index contributed by atoms with van der Waals surface area (Å²) >= 11 is 0. The van der Waals surface area contributed by atoms with Crippen LogP contribution < -0.4 is 10.6 Å². The van der Waals surface area contributed by atoms with Crippen molar-refractivity contribution in [2.24, 2.45) is 0 Å². The van der Waals surface area contributed by atoms with E-state index < -0.39 is 0 Å². The third kappa shape index (κ3) is 26.2. The topological polar surface area (TPSA) is 41.1 Å². The van der Waals surface area contributed by atoms with Crippen LogP contribution >= 0.6 is 0 Å². The molecule has 0 fully saturated rings. The second-order valence-corrected chi connectivity index (χ2v) is 2.22. The highest BCUT2D eigenvalue weighted by Gasteiger charge is 1.80. The Hall–Kier alpha value is -0.410. The van der Waals surface area contributed by atoms with Crippen molar-refractivity contribution in [1.29, 1.82) is 0 Å². The minimum absolute atomic E-state index is 0. The summed E-state index contributed by atoms with van der Waals surface area (Å²) in [6.45, 7) is 3.60. The SMILES string of the molecule is CCCCNCC=O.CNC.[HH]. The molecule has 0 amide bonds. The second-order valence-electron chi connectivity index (χ2n) is 2.22. The lowest BCUT2D eigenvalue weighted by molar-refractivity contribution is -0.107. The van der Waals surface area contributed by atoms with Gasteiger partial charge in [-0.3, -0.25) is 0 Å². The number of carbonyl (C=O) groups is 1. The Labute approximate surface area is 71.0 Å². The van der Waals surface area contributed by atoms with Gasteiger partial charge in [0.15, 0.2) is 0 Å². The first kappa shape index (κ1) is 13.2. The van der Waals surface area contributed by atoms with E-state index in [2.05, 4.69) is 17.6 Å². The van der Waals surface area contributed by atoms with E-state index >= 15 is 0 Å². The fourth-order valence-corrected chi connectivity index (χ4v) is 0.463. The van der Waals surface area contributed by atoms with Crippen LogP contribution in [0.1, 0.15) is 21.2 Å².